The summed E-state index contributed by atoms with van der Waals surface area (Å²) in [5, 5.41) is 22.5. The highest BCUT2D eigenvalue weighted by Gasteiger charge is 1.83. The van der Waals surface area contributed by atoms with Gasteiger partial charge >= 0.3 is 0 Å². The Hall–Kier alpha value is -0.160. The molecule has 0 rings (SSSR count). The van der Waals surface area contributed by atoms with Crippen LogP contribution in [0.4, 0.5) is 0 Å². The Bertz CT molecular complexity index is 93.0. The summed E-state index contributed by atoms with van der Waals surface area (Å²) in [6.45, 7) is 8.27. The first kappa shape index (κ1) is 18.2. The molecule has 0 aliphatic carbocycles. The predicted molar refractivity (Wildman–Crippen MR) is 69.7 cm³/mol. The van der Waals surface area contributed by atoms with E-state index in [4.69, 9.17) is 10.2 Å². The van der Waals surface area contributed by atoms with Gasteiger partial charge in [0.25, 0.3) is 0 Å². The molecule has 0 aliphatic heterocycles. The highest BCUT2D eigenvalue weighted by molar-refractivity contribution is 4.45. The molecule has 0 heterocycles. The molecule has 4 nitrogen and oxygen atoms in total. The second-order valence-corrected chi connectivity index (χ2v) is 3.65. The van der Waals surface area contributed by atoms with Gasteiger partial charge in [0.2, 0.25) is 0 Å². The molecule has 0 bridgehead atoms. The fourth-order valence-corrected chi connectivity index (χ4v) is 1.01. The topological polar surface area (TPSA) is 64.5 Å². The number of hydrogen-bond donors (Lipinski definition) is 4. The molecule has 0 aliphatic rings. The molecule has 0 radical (unpaired) electrons. The molecular formula is C12H30N2O2. The molecule has 0 aromatic carbocycles. The van der Waals surface area contributed by atoms with Crippen LogP contribution in [0.25, 0.3) is 0 Å². The van der Waals surface area contributed by atoms with Crippen LogP contribution in [0, 0.1) is 0 Å². The largest absolute Gasteiger partial charge is 0.395 e. The SMILES string of the molecule is CCCCNCCCC.OCCNCCO. The lowest BCUT2D eigenvalue weighted by atomic mass is 10.3. The van der Waals surface area contributed by atoms with Gasteiger partial charge < -0.3 is 20.8 Å². The van der Waals surface area contributed by atoms with Gasteiger partial charge in [-0.3, -0.25) is 0 Å². The van der Waals surface area contributed by atoms with Crippen LogP contribution in [0.3, 0.4) is 0 Å². The zero-order chi connectivity index (χ0) is 12.5. The van der Waals surface area contributed by atoms with Gasteiger partial charge in [-0.15, -0.1) is 0 Å². The molecule has 0 amide bonds. The Balaban J connectivity index is 0. The average Bonchev–Trinajstić information content (AvgIpc) is 2.31. The fraction of sp³-hybridized carbons (Fsp3) is 1.00. The zero-order valence-electron chi connectivity index (χ0n) is 11.0. The van der Waals surface area contributed by atoms with E-state index in [1.165, 1.54) is 38.8 Å². The first-order valence-corrected chi connectivity index (χ1v) is 6.46. The van der Waals surface area contributed by atoms with Crippen LogP contribution in [0.5, 0.6) is 0 Å². The van der Waals surface area contributed by atoms with E-state index in [0.29, 0.717) is 13.1 Å². The van der Waals surface area contributed by atoms with Gasteiger partial charge in [-0.1, -0.05) is 26.7 Å². The minimum absolute atomic E-state index is 0.139. The van der Waals surface area contributed by atoms with Gasteiger partial charge in [0.1, 0.15) is 0 Å². The highest BCUT2D eigenvalue weighted by atomic mass is 16.3. The lowest BCUT2D eigenvalue weighted by Gasteiger charge is -1.99. The first-order chi connectivity index (χ1) is 7.83. The van der Waals surface area contributed by atoms with Crippen molar-refractivity contribution < 1.29 is 10.2 Å². The third-order valence-corrected chi connectivity index (χ3v) is 1.99. The van der Waals surface area contributed by atoms with E-state index in [2.05, 4.69) is 24.5 Å². The van der Waals surface area contributed by atoms with Crippen molar-refractivity contribution in [3.63, 3.8) is 0 Å². The summed E-state index contributed by atoms with van der Waals surface area (Å²) in [6.07, 6.45) is 5.26. The van der Waals surface area contributed by atoms with Gasteiger partial charge in [-0.05, 0) is 25.9 Å². The predicted octanol–water partition coefficient (Wildman–Crippen LogP) is 0.737. The third kappa shape index (κ3) is 23.6. The number of aliphatic hydroxyl groups is 2. The molecule has 0 saturated heterocycles. The highest BCUT2D eigenvalue weighted by Crippen LogP contribution is 1.85. The van der Waals surface area contributed by atoms with E-state index in [9.17, 15) is 0 Å². The summed E-state index contributed by atoms with van der Waals surface area (Å²) in [6, 6.07) is 0. The maximum absolute atomic E-state index is 8.15. The number of unbranched alkanes of at least 4 members (excludes halogenated alkanes) is 2. The monoisotopic (exact) mass is 234 g/mol. The maximum atomic E-state index is 8.15. The van der Waals surface area contributed by atoms with Crippen molar-refractivity contribution in [1.29, 1.82) is 0 Å². The van der Waals surface area contributed by atoms with Crippen molar-refractivity contribution in [2.75, 3.05) is 39.4 Å². The van der Waals surface area contributed by atoms with Gasteiger partial charge in [0.05, 0.1) is 13.2 Å². The average molecular weight is 234 g/mol. The Kier molecular flexibility index (Phi) is 23.1. The van der Waals surface area contributed by atoms with E-state index >= 15 is 0 Å². The maximum Gasteiger partial charge on any atom is 0.0555 e. The molecule has 0 spiro atoms. The van der Waals surface area contributed by atoms with Gasteiger partial charge in [0.15, 0.2) is 0 Å². The Morgan fingerprint density at radius 1 is 0.688 bits per heavy atom. The van der Waals surface area contributed by atoms with E-state index in [1.54, 1.807) is 0 Å². The van der Waals surface area contributed by atoms with Crippen LogP contribution in [0.2, 0.25) is 0 Å². The Labute approximate surface area is 100 Å². The van der Waals surface area contributed by atoms with Crippen molar-refractivity contribution in [1.82, 2.24) is 10.6 Å². The summed E-state index contributed by atoms with van der Waals surface area (Å²) in [5.74, 6) is 0. The van der Waals surface area contributed by atoms with Crippen LogP contribution < -0.4 is 10.6 Å². The summed E-state index contributed by atoms with van der Waals surface area (Å²) >= 11 is 0. The van der Waals surface area contributed by atoms with Crippen molar-refractivity contribution in [2.45, 2.75) is 39.5 Å². The third-order valence-electron chi connectivity index (χ3n) is 1.99. The van der Waals surface area contributed by atoms with Crippen molar-refractivity contribution in [3.8, 4) is 0 Å². The molecule has 0 aromatic rings. The van der Waals surface area contributed by atoms with Gasteiger partial charge in [0, 0.05) is 13.1 Å². The minimum atomic E-state index is 0.139. The molecule has 0 atom stereocenters. The summed E-state index contributed by atoms with van der Waals surface area (Å²) < 4.78 is 0. The minimum Gasteiger partial charge on any atom is -0.395 e. The number of hydrogen-bond acceptors (Lipinski definition) is 4. The number of nitrogens with one attached hydrogen (secondary N) is 2. The Morgan fingerprint density at radius 3 is 1.38 bits per heavy atom. The summed E-state index contributed by atoms with van der Waals surface area (Å²) in [4.78, 5) is 0. The zero-order valence-corrected chi connectivity index (χ0v) is 11.0. The molecule has 0 aromatic heterocycles. The smallest absolute Gasteiger partial charge is 0.0555 e. The molecular weight excluding hydrogens is 204 g/mol. The molecule has 4 heteroatoms. The molecule has 0 saturated carbocycles. The normalized spacial score (nSPS) is 9.75. The fourth-order valence-electron chi connectivity index (χ4n) is 1.01. The summed E-state index contributed by atoms with van der Waals surface area (Å²) in [5.41, 5.74) is 0. The molecule has 100 valence electrons. The van der Waals surface area contributed by atoms with Crippen LogP contribution in [-0.4, -0.2) is 49.6 Å². The van der Waals surface area contributed by atoms with Crippen molar-refractivity contribution in [2.24, 2.45) is 0 Å². The van der Waals surface area contributed by atoms with Crippen LogP contribution in [-0.2, 0) is 0 Å². The standard InChI is InChI=1S/C8H19N.C4H11NO2/c1-3-5-7-9-8-6-4-2;6-3-1-5-2-4-7/h9H,3-8H2,1-2H3;5-7H,1-4H2. The van der Waals surface area contributed by atoms with Crippen LogP contribution in [0.1, 0.15) is 39.5 Å². The van der Waals surface area contributed by atoms with Crippen molar-refractivity contribution in [3.05, 3.63) is 0 Å². The lowest BCUT2D eigenvalue weighted by molar-refractivity contribution is 0.267. The van der Waals surface area contributed by atoms with E-state index in [-0.39, 0.29) is 13.2 Å². The quantitative estimate of drug-likeness (QED) is 0.421. The first-order valence-electron chi connectivity index (χ1n) is 6.46. The Morgan fingerprint density at radius 2 is 1.06 bits per heavy atom. The number of rotatable bonds is 10. The molecule has 0 unspecified atom stereocenters. The van der Waals surface area contributed by atoms with E-state index in [0.717, 1.165) is 0 Å². The van der Waals surface area contributed by atoms with Crippen LogP contribution >= 0.6 is 0 Å². The van der Waals surface area contributed by atoms with E-state index < -0.39 is 0 Å². The summed E-state index contributed by atoms with van der Waals surface area (Å²) in [7, 11) is 0. The molecule has 4 N–H and O–H groups in total. The van der Waals surface area contributed by atoms with E-state index in [1.807, 2.05) is 0 Å². The second kappa shape index (κ2) is 20.3. The molecule has 16 heavy (non-hydrogen) atoms. The number of aliphatic hydroxyl groups excluding tert-OH is 2. The van der Waals surface area contributed by atoms with Crippen molar-refractivity contribution >= 4 is 0 Å². The molecule has 0 fully saturated rings. The van der Waals surface area contributed by atoms with Crippen LogP contribution in [0.15, 0.2) is 0 Å². The second-order valence-electron chi connectivity index (χ2n) is 3.65. The van der Waals surface area contributed by atoms with Gasteiger partial charge in [-0.2, -0.15) is 0 Å². The van der Waals surface area contributed by atoms with Gasteiger partial charge in [-0.25, -0.2) is 0 Å². The lowest BCUT2D eigenvalue weighted by Crippen LogP contribution is -2.21.